The third-order valence-electron chi connectivity index (χ3n) is 4.33. The van der Waals surface area contributed by atoms with Gasteiger partial charge in [0, 0.05) is 42.3 Å². The van der Waals surface area contributed by atoms with Gasteiger partial charge in [-0.15, -0.1) is 0 Å². The minimum atomic E-state index is 0.548. The lowest BCUT2D eigenvalue weighted by molar-refractivity contribution is 0.756. The lowest BCUT2D eigenvalue weighted by Gasteiger charge is -2.27. The van der Waals surface area contributed by atoms with Gasteiger partial charge in [-0.1, -0.05) is 24.3 Å². The summed E-state index contributed by atoms with van der Waals surface area (Å²) in [6, 6.07) is 11.0. The molecule has 3 nitrogen and oxygen atoms in total. The van der Waals surface area contributed by atoms with Gasteiger partial charge in [0.1, 0.15) is 0 Å². The number of rotatable bonds is 2. The van der Waals surface area contributed by atoms with E-state index in [1.807, 2.05) is 0 Å². The van der Waals surface area contributed by atoms with Crippen LogP contribution in [0.5, 0.6) is 0 Å². The molecule has 0 radical (unpaired) electrons. The maximum absolute atomic E-state index is 5.98. The van der Waals surface area contributed by atoms with Crippen LogP contribution < -0.4 is 10.6 Å². The van der Waals surface area contributed by atoms with Crippen LogP contribution in [-0.2, 0) is 19.5 Å². The Morgan fingerprint density at radius 2 is 1.95 bits per heavy atom. The van der Waals surface area contributed by atoms with Crippen LogP contribution in [0.3, 0.4) is 0 Å². The van der Waals surface area contributed by atoms with Crippen LogP contribution in [0.1, 0.15) is 34.5 Å². The summed E-state index contributed by atoms with van der Waals surface area (Å²) in [4.78, 5) is 7.03. The van der Waals surface area contributed by atoms with Gasteiger partial charge < -0.3 is 10.6 Å². The number of hydrogen-bond acceptors (Lipinski definition) is 3. The van der Waals surface area contributed by atoms with Crippen molar-refractivity contribution in [3.05, 3.63) is 58.4 Å². The molecule has 0 fully saturated rings. The minimum Gasteiger partial charge on any atom is -0.367 e. The first-order chi connectivity index (χ1) is 10.2. The van der Waals surface area contributed by atoms with Gasteiger partial charge in [-0.3, -0.25) is 4.98 Å². The standard InChI is InChI=1S/C18H23N3/c1-13-10-18(17(11-19)14(2)20-13)21-9-5-8-15-6-3-4-7-16(15)12-21/h3-4,6-7,10H,5,8-9,11-12,19H2,1-2H3. The molecule has 110 valence electrons. The number of aromatic nitrogens is 1. The van der Waals surface area contributed by atoms with E-state index in [9.17, 15) is 0 Å². The molecule has 0 saturated heterocycles. The fourth-order valence-electron chi connectivity index (χ4n) is 3.28. The number of nitrogens with two attached hydrogens (primary N) is 1. The zero-order chi connectivity index (χ0) is 14.8. The van der Waals surface area contributed by atoms with Crippen molar-refractivity contribution in [3.63, 3.8) is 0 Å². The SMILES string of the molecule is Cc1cc(N2CCCc3ccccc3C2)c(CN)c(C)n1. The van der Waals surface area contributed by atoms with Crippen LogP contribution in [0.25, 0.3) is 0 Å². The first-order valence-electron chi connectivity index (χ1n) is 7.68. The normalized spacial score (nSPS) is 14.7. The van der Waals surface area contributed by atoms with E-state index in [4.69, 9.17) is 5.73 Å². The Kier molecular flexibility index (Phi) is 3.93. The lowest BCUT2D eigenvalue weighted by atomic mass is 10.0. The summed E-state index contributed by atoms with van der Waals surface area (Å²) in [7, 11) is 0. The Labute approximate surface area is 126 Å². The van der Waals surface area contributed by atoms with Crippen LogP contribution in [0, 0.1) is 13.8 Å². The first-order valence-corrected chi connectivity index (χ1v) is 7.68. The summed E-state index contributed by atoms with van der Waals surface area (Å²) in [5.41, 5.74) is 13.5. The van der Waals surface area contributed by atoms with Gasteiger partial charge in [0.2, 0.25) is 0 Å². The van der Waals surface area contributed by atoms with Gasteiger partial charge in [-0.25, -0.2) is 0 Å². The van der Waals surface area contributed by atoms with Gasteiger partial charge in [0.15, 0.2) is 0 Å². The monoisotopic (exact) mass is 281 g/mol. The van der Waals surface area contributed by atoms with Crippen molar-refractivity contribution < 1.29 is 0 Å². The summed E-state index contributed by atoms with van der Waals surface area (Å²) in [5, 5.41) is 0. The Bertz CT molecular complexity index is 649. The fraction of sp³-hybridized carbons (Fsp3) is 0.389. The molecule has 1 aliphatic rings. The molecule has 0 bridgehead atoms. The maximum atomic E-state index is 5.98. The van der Waals surface area contributed by atoms with E-state index in [2.05, 4.69) is 54.1 Å². The summed E-state index contributed by atoms with van der Waals surface area (Å²) < 4.78 is 0. The molecule has 1 aromatic heterocycles. The Hall–Kier alpha value is -1.87. The molecule has 0 atom stereocenters. The molecule has 2 aromatic rings. The summed E-state index contributed by atoms with van der Waals surface area (Å²) in [5.74, 6) is 0. The van der Waals surface area contributed by atoms with Crippen molar-refractivity contribution in [3.8, 4) is 0 Å². The molecule has 0 unspecified atom stereocenters. The van der Waals surface area contributed by atoms with Crippen LogP contribution in [0.4, 0.5) is 5.69 Å². The number of pyridine rings is 1. The van der Waals surface area contributed by atoms with Crippen LogP contribution >= 0.6 is 0 Å². The topological polar surface area (TPSA) is 42.1 Å². The molecule has 1 aromatic carbocycles. The van der Waals surface area contributed by atoms with E-state index in [0.717, 1.165) is 30.9 Å². The molecule has 2 N–H and O–H groups in total. The minimum absolute atomic E-state index is 0.548. The third kappa shape index (κ3) is 2.79. The average Bonchev–Trinajstić information content (AvgIpc) is 2.68. The number of fused-ring (bicyclic) bond motifs is 1. The predicted molar refractivity (Wildman–Crippen MR) is 87.4 cm³/mol. The highest BCUT2D eigenvalue weighted by molar-refractivity contribution is 5.57. The van der Waals surface area contributed by atoms with E-state index in [1.54, 1.807) is 0 Å². The molecule has 3 heteroatoms. The first kappa shape index (κ1) is 14.1. The summed E-state index contributed by atoms with van der Waals surface area (Å²) >= 11 is 0. The Morgan fingerprint density at radius 3 is 2.71 bits per heavy atom. The van der Waals surface area contributed by atoms with E-state index in [0.29, 0.717) is 6.54 Å². The van der Waals surface area contributed by atoms with Crippen molar-refractivity contribution in [1.29, 1.82) is 0 Å². The quantitative estimate of drug-likeness (QED) is 0.919. The average molecular weight is 281 g/mol. The van der Waals surface area contributed by atoms with Gasteiger partial charge in [0.25, 0.3) is 0 Å². The van der Waals surface area contributed by atoms with Gasteiger partial charge in [-0.05, 0) is 43.9 Å². The second-order valence-electron chi connectivity index (χ2n) is 5.84. The zero-order valence-electron chi connectivity index (χ0n) is 12.9. The second kappa shape index (κ2) is 5.86. The molecule has 3 rings (SSSR count). The molecule has 2 heterocycles. The largest absolute Gasteiger partial charge is 0.367 e. The number of aryl methyl sites for hydroxylation is 3. The lowest BCUT2D eigenvalue weighted by Crippen LogP contribution is -2.25. The number of benzene rings is 1. The second-order valence-corrected chi connectivity index (χ2v) is 5.84. The molecule has 1 aliphatic heterocycles. The van der Waals surface area contributed by atoms with Crippen LogP contribution in [-0.4, -0.2) is 11.5 Å². The van der Waals surface area contributed by atoms with Gasteiger partial charge in [-0.2, -0.15) is 0 Å². The zero-order valence-corrected chi connectivity index (χ0v) is 12.9. The highest BCUT2D eigenvalue weighted by atomic mass is 15.1. The number of hydrogen-bond donors (Lipinski definition) is 1. The predicted octanol–water partition coefficient (Wildman–Crippen LogP) is 3.11. The van der Waals surface area contributed by atoms with E-state index >= 15 is 0 Å². The van der Waals surface area contributed by atoms with Crippen molar-refractivity contribution >= 4 is 5.69 Å². The van der Waals surface area contributed by atoms with Crippen molar-refractivity contribution in [2.45, 2.75) is 39.8 Å². The molecule has 0 amide bonds. The molecule has 21 heavy (non-hydrogen) atoms. The molecular weight excluding hydrogens is 258 g/mol. The smallest absolute Gasteiger partial charge is 0.0451 e. The van der Waals surface area contributed by atoms with E-state index in [1.165, 1.54) is 28.8 Å². The Balaban J connectivity index is 2.01. The molecule has 0 saturated carbocycles. The molecular formula is C18H23N3. The molecule has 0 spiro atoms. The van der Waals surface area contributed by atoms with Crippen LogP contribution in [0.2, 0.25) is 0 Å². The fourth-order valence-corrected chi connectivity index (χ4v) is 3.28. The van der Waals surface area contributed by atoms with Gasteiger partial charge in [0.05, 0.1) is 0 Å². The van der Waals surface area contributed by atoms with Crippen molar-refractivity contribution in [1.82, 2.24) is 4.98 Å². The van der Waals surface area contributed by atoms with Crippen molar-refractivity contribution in [2.75, 3.05) is 11.4 Å². The highest BCUT2D eigenvalue weighted by Crippen LogP contribution is 2.28. The third-order valence-corrected chi connectivity index (χ3v) is 4.33. The van der Waals surface area contributed by atoms with E-state index < -0.39 is 0 Å². The van der Waals surface area contributed by atoms with Crippen molar-refractivity contribution in [2.24, 2.45) is 5.73 Å². The highest BCUT2D eigenvalue weighted by Gasteiger charge is 2.18. The van der Waals surface area contributed by atoms with Crippen LogP contribution in [0.15, 0.2) is 30.3 Å². The van der Waals surface area contributed by atoms with Gasteiger partial charge >= 0.3 is 0 Å². The maximum Gasteiger partial charge on any atom is 0.0451 e. The summed E-state index contributed by atoms with van der Waals surface area (Å²) in [6.45, 7) is 6.70. The number of nitrogens with zero attached hydrogens (tertiary/aromatic N) is 2. The van der Waals surface area contributed by atoms with E-state index in [-0.39, 0.29) is 0 Å². The summed E-state index contributed by atoms with van der Waals surface area (Å²) in [6.07, 6.45) is 2.34. The molecule has 0 aliphatic carbocycles. The number of anilines is 1. The Morgan fingerprint density at radius 1 is 1.19 bits per heavy atom.